The lowest BCUT2D eigenvalue weighted by molar-refractivity contribution is 0.112. The Morgan fingerprint density at radius 1 is 1.19 bits per heavy atom. The standard InChI is InChI=1S/C22H21NO3S/c1-3-4-20(18-9-7-17(15-24)8-10-18)21(23-13-14-26-22(23)25)27-19-11-5-16(2)6-12-19/h3,5-12,15H,1,4,13-14H2,2H3/b21-20+. The second-order valence-corrected chi connectivity index (χ2v) is 7.26. The number of amides is 1. The van der Waals surface area contributed by atoms with Gasteiger partial charge in [0.05, 0.1) is 11.6 Å². The molecule has 0 bridgehead atoms. The van der Waals surface area contributed by atoms with Crippen LogP contribution in [-0.4, -0.2) is 30.4 Å². The molecule has 0 unspecified atom stereocenters. The van der Waals surface area contributed by atoms with E-state index in [0.29, 0.717) is 25.1 Å². The predicted molar refractivity (Wildman–Crippen MR) is 109 cm³/mol. The summed E-state index contributed by atoms with van der Waals surface area (Å²) < 4.78 is 5.17. The average Bonchev–Trinajstić information content (AvgIpc) is 3.12. The molecular formula is C22H21NO3S. The number of carbonyl (C=O) groups excluding carboxylic acids is 2. The zero-order valence-corrected chi connectivity index (χ0v) is 16.0. The van der Waals surface area contributed by atoms with E-state index < -0.39 is 0 Å². The molecule has 3 rings (SSSR count). The van der Waals surface area contributed by atoms with Crippen LogP contribution >= 0.6 is 11.8 Å². The molecule has 0 saturated carbocycles. The van der Waals surface area contributed by atoms with Gasteiger partial charge in [0, 0.05) is 10.5 Å². The molecule has 0 N–H and O–H groups in total. The highest BCUT2D eigenvalue weighted by molar-refractivity contribution is 8.03. The number of hydrogen-bond donors (Lipinski definition) is 0. The minimum absolute atomic E-state index is 0.337. The minimum atomic E-state index is -0.337. The summed E-state index contributed by atoms with van der Waals surface area (Å²) in [4.78, 5) is 26.0. The maximum Gasteiger partial charge on any atom is 0.414 e. The van der Waals surface area contributed by atoms with Crippen LogP contribution in [0.1, 0.15) is 27.9 Å². The van der Waals surface area contributed by atoms with E-state index in [-0.39, 0.29) is 6.09 Å². The molecular weight excluding hydrogens is 358 g/mol. The van der Waals surface area contributed by atoms with Crippen molar-refractivity contribution in [2.24, 2.45) is 0 Å². The Labute approximate surface area is 163 Å². The van der Waals surface area contributed by atoms with E-state index in [1.54, 1.807) is 17.0 Å². The number of rotatable bonds is 7. The number of cyclic esters (lactones) is 1. The van der Waals surface area contributed by atoms with Crippen molar-refractivity contribution in [3.8, 4) is 0 Å². The fourth-order valence-corrected chi connectivity index (χ4v) is 3.91. The minimum Gasteiger partial charge on any atom is -0.447 e. The molecule has 5 heteroatoms. The molecule has 0 aliphatic carbocycles. The molecule has 1 heterocycles. The van der Waals surface area contributed by atoms with Crippen molar-refractivity contribution in [3.63, 3.8) is 0 Å². The molecule has 27 heavy (non-hydrogen) atoms. The van der Waals surface area contributed by atoms with Gasteiger partial charge in [0.15, 0.2) is 0 Å². The number of ether oxygens (including phenoxy) is 1. The lowest BCUT2D eigenvalue weighted by Gasteiger charge is -2.21. The number of nitrogens with zero attached hydrogens (tertiary/aromatic N) is 1. The quantitative estimate of drug-likeness (QED) is 0.372. The van der Waals surface area contributed by atoms with Crippen LogP contribution in [0.15, 0.2) is 71.1 Å². The van der Waals surface area contributed by atoms with Crippen LogP contribution in [0.4, 0.5) is 4.79 Å². The number of thioether (sulfide) groups is 1. The van der Waals surface area contributed by atoms with Crippen LogP contribution < -0.4 is 0 Å². The highest BCUT2D eigenvalue weighted by atomic mass is 32.2. The smallest absolute Gasteiger partial charge is 0.414 e. The summed E-state index contributed by atoms with van der Waals surface area (Å²) in [6.45, 7) is 6.81. The molecule has 1 saturated heterocycles. The van der Waals surface area contributed by atoms with Crippen molar-refractivity contribution in [3.05, 3.63) is 82.9 Å². The van der Waals surface area contributed by atoms with Crippen molar-refractivity contribution in [1.82, 2.24) is 4.90 Å². The number of aryl methyl sites for hydroxylation is 1. The van der Waals surface area contributed by atoms with Gasteiger partial charge in [0.2, 0.25) is 0 Å². The summed E-state index contributed by atoms with van der Waals surface area (Å²) in [5.74, 6) is 0. The van der Waals surface area contributed by atoms with Crippen LogP contribution in [0.5, 0.6) is 0 Å². The van der Waals surface area contributed by atoms with Crippen molar-refractivity contribution in [2.75, 3.05) is 13.2 Å². The van der Waals surface area contributed by atoms with Crippen LogP contribution in [0.2, 0.25) is 0 Å². The van der Waals surface area contributed by atoms with Crippen molar-refractivity contribution in [1.29, 1.82) is 0 Å². The van der Waals surface area contributed by atoms with Crippen molar-refractivity contribution in [2.45, 2.75) is 18.2 Å². The third kappa shape index (κ3) is 4.49. The van der Waals surface area contributed by atoms with Gasteiger partial charge < -0.3 is 4.74 Å². The molecule has 4 nitrogen and oxygen atoms in total. The number of hydrogen-bond acceptors (Lipinski definition) is 4. The number of carbonyl (C=O) groups is 2. The normalized spacial score (nSPS) is 14.6. The summed E-state index contributed by atoms with van der Waals surface area (Å²) in [5.41, 5.74) is 3.73. The largest absolute Gasteiger partial charge is 0.447 e. The first kappa shape index (κ1) is 19.0. The molecule has 0 spiro atoms. The van der Waals surface area contributed by atoms with Gasteiger partial charge in [0.25, 0.3) is 0 Å². The van der Waals surface area contributed by atoms with Crippen LogP contribution in [-0.2, 0) is 4.74 Å². The fourth-order valence-electron chi connectivity index (χ4n) is 2.81. The molecule has 0 atom stereocenters. The summed E-state index contributed by atoms with van der Waals surface area (Å²) in [7, 11) is 0. The Hall–Kier alpha value is -2.79. The Bertz CT molecular complexity index is 869. The van der Waals surface area contributed by atoms with Gasteiger partial charge in [-0.15, -0.1) is 6.58 Å². The summed E-state index contributed by atoms with van der Waals surface area (Å²) >= 11 is 1.54. The van der Waals surface area contributed by atoms with Gasteiger partial charge >= 0.3 is 6.09 Å². The van der Waals surface area contributed by atoms with Gasteiger partial charge in [0.1, 0.15) is 12.9 Å². The lowest BCUT2D eigenvalue weighted by Crippen LogP contribution is -2.23. The van der Waals surface area contributed by atoms with Gasteiger partial charge in [-0.1, -0.05) is 59.8 Å². The molecule has 2 aromatic rings. The second-order valence-electron chi connectivity index (χ2n) is 6.20. The lowest BCUT2D eigenvalue weighted by atomic mass is 10.0. The highest BCUT2D eigenvalue weighted by Crippen LogP contribution is 2.38. The van der Waals surface area contributed by atoms with Crippen molar-refractivity contribution >= 4 is 29.7 Å². The zero-order valence-electron chi connectivity index (χ0n) is 15.2. The van der Waals surface area contributed by atoms with Crippen LogP contribution in [0, 0.1) is 6.92 Å². The molecule has 1 aliphatic rings. The fraction of sp³-hybridized carbons (Fsp3) is 0.182. The maximum atomic E-state index is 12.3. The highest BCUT2D eigenvalue weighted by Gasteiger charge is 2.28. The van der Waals surface area contributed by atoms with E-state index in [1.807, 2.05) is 49.4 Å². The van der Waals surface area contributed by atoms with Crippen LogP contribution in [0.3, 0.4) is 0 Å². The molecule has 0 aromatic heterocycles. The number of aldehydes is 1. The van der Waals surface area contributed by atoms with Gasteiger partial charge in [-0.3, -0.25) is 9.69 Å². The number of benzene rings is 2. The third-order valence-corrected chi connectivity index (χ3v) is 5.41. The second kappa shape index (κ2) is 8.73. The van der Waals surface area contributed by atoms with Gasteiger partial charge in [-0.05, 0) is 36.6 Å². The molecule has 138 valence electrons. The topological polar surface area (TPSA) is 46.6 Å². The molecule has 1 fully saturated rings. The van der Waals surface area contributed by atoms with E-state index >= 15 is 0 Å². The molecule has 0 radical (unpaired) electrons. The van der Waals surface area contributed by atoms with Crippen molar-refractivity contribution < 1.29 is 14.3 Å². The summed E-state index contributed by atoms with van der Waals surface area (Å²) in [5, 5.41) is 0.833. The number of allylic oxidation sites excluding steroid dienone is 2. The molecule has 2 aromatic carbocycles. The Morgan fingerprint density at radius 3 is 2.44 bits per heavy atom. The summed E-state index contributed by atoms with van der Waals surface area (Å²) in [6, 6.07) is 15.6. The van der Waals surface area contributed by atoms with Gasteiger partial charge in [-0.2, -0.15) is 0 Å². The SMILES string of the molecule is C=CC/C(=C(\Sc1ccc(C)cc1)N1CCOC1=O)c1ccc(C=O)cc1. The van der Waals surface area contributed by atoms with E-state index in [2.05, 4.69) is 6.58 Å². The Morgan fingerprint density at radius 2 is 1.89 bits per heavy atom. The van der Waals surface area contributed by atoms with Crippen LogP contribution in [0.25, 0.3) is 5.57 Å². The molecule has 1 aliphatic heterocycles. The first-order chi connectivity index (χ1) is 13.1. The summed E-state index contributed by atoms with van der Waals surface area (Å²) in [6.07, 6.45) is 2.90. The third-order valence-electron chi connectivity index (χ3n) is 4.24. The first-order valence-electron chi connectivity index (χ1n) is 8.71. The molecule has 1 amide bonds. The zero-order chi connectivity index (χ0) is 19.2. The Balaban J connectivity index is 2.09. The van der Waals surface area contributed by atoms with Gasteiger partial charge in [-0.25, -0.2) is 4.79 Å². The Kier molecular flexibility index (Phi) is 6.14. The van der Waals surface area contributed by atoms with E-state index in [1.165, 1.54) is 17.3 Å². The monoisotopic (exact) mass is 379 g/mol. The van der Waals surface area contributed by atoms with E-state index in [0.717, 1.165) is 27.3 Å². The first-order valence-corrected chi connectivity index (χ1v) is 9.52. The predicted octanol–water partition coefficient (Wildman–Crippen LogP) is 5.30. The average molecular weight is 379 g/mol. The maximum absolute atomic E-state index is 12.3. The van der Waals surface area contributed by atoms with E-state index in [9.17, 15) is 9.59 Å². The van der Waals surface area contributed by atoms with E-state index in [4.69, 9.17) is 4.74 Å².